The van der Waals surface area contributed by atoms with Crippen molar-refractivity contribution in [3.05, 3.63) is 12.7 Å². The highest BCUT2D eigenvalue weighted by Crippen LogP contribution is 2.14. The predicted octanol–water partition coefficient (Wildman–Crippen LogP) is 4.17. The van der Waals surface area contributed by atoms with Crippen LogP contribution < -0.4 is 0 Å². The molecule has 0 aliphatic carbocycles. The van der Waals surface area contributed by atoms with Crippen molar-refractivity contribution in [3.8, 4) is 0 Å². The largest absolute Gasteiger partial charge is 0.103 e. The molecule has 0 amide bonds. The SMILES string of the molecule is C=CCCC[C@H](C)CCCC. The van der Waals surface area contributed by atoms with Gasteiger partial charge in [-0.2, -0.15) is 0 Å². The normalized spacial score (nSPS) is 12.9. The summed E-state index contributed by atoms with van der Waals surface area (Å²) in [4.78, 5) is 0. The lowest BCUT2D eigenvalue weighted by molar-refractivity contribution is 0.459. The van der Waals surface area contributed by atoms with Gasteiger partial charge in [0.05, 0.1) is 0 Å². The van der Waals surface area contributed by atoms with Crippen LogP contribution in [0.3, 0.4) is 0 Å². The first-order chi connectivity index (χ1) is 5.31. The fourth-order valence-corrected chi connectivity index (χ4v) is 1.31. The lowest BCUT2D eigenvalue weighted by Gasteiger charge is -2.08. The van der Waals surface area contributed by atoms with Gasteiger partial charge in [0.15, 0.2) is 0 Å². The van der Waals surface area contributed by atoms with Crippen molar-refractivity contribution in [2.75, 3.05) is 0 Å². The molecule has 0 heterocycles. The van der Waals surface area contributed by atoms with Gasteiger partial charge in [-0.3, -0.25) is 0 Å². The molecule has 11 heavy (non-hydrogen) atoms. The lowest BCUT2D eigenvalue weighted by atomic mass is 9.98. The maximum absolute atomic E-state index is 3.72. The Kier molecular flexibility index (Phi) is 7.66. The molecule has 66 valence electrons. The molecule has 0 fully saturated rings. The molecule has 0 heteroatoms. The highest BCUT2D eigenvalue weighted by Gasteiger charge is 1.99. The highest BCUT2D eigenvalue weighted by molar-refractivity contribution is 4.66. The second-order valence-corrected chi connectivity index (χ2v) is 3.47. The van der Waals surface area contributed by atoms with E-state index in [1.165, 1.54) is 38.5 Å². The Morgan fingerprint density at radius 2 is 1.91 bits per heavy atom. The molecule has 0 aromatic rings. The summed E-state index contributed by atoms with van der Waals surface area (Å²) in [5.74, 6) is 0.926. The summed E-state index contributed by atoms with van der Waals surface area (Å²) in [6.45, 7) is 8.34. The third-order valence-corrected chi connectivity index (χ3v) is 2.16. The van der Waals surface area contributed by atoms with Gasteiger partial charge in [-0.15, -0.1) is 6.58 Å². The summed E-state index contributed by atoms with van der Waals surface area (Å²) in [5.41, 5.74) is 0. The lowest BCUT2D eigenvalue weighted by Crippen LogP contribution is -1.93. The van der Waals surface area contributed by atoms with Gasteiger partial charge in [-0.1, -0.05) is 45.6 Å². The first-order valence-corrected chi connectivity index (χ1v) is 4.92. The van der Waals surface area contributed by atoms with Crippen LogP contribution in [-0.4, -0.2) is 0 Å². The van der Waals surface area contributed by atoms with E-state index in [1.54, 1.807) is 0 Å². The molecule has 0 radical (unpaired) electrons. The molecule has 0 aromatic carbocycles. The van der Waals surface area contributed by atoms with Gasteiger partial charge in [0.25, 0.3) is 0 Å². The van der Waals surface area contributed by atoms with Gasteiger partial charge < -0.3 is 0 Å². The Labute approximate surface area is 71.7 Å². The molecule has 0 rings (SSSR count). The Hall–Kier alpha value is -0.260. The molecule has 1 atom stereocenters. The minimum absolute atomic E-state index is 0.926. The summed E-state index contributed by atoms with van der Waals surface area (Å²) in [6, 6.07) is 0. The van der Waals surface area contributed by atoms with E-state index in [9.17, 15) is 0 Å². The van der Waals surface area contributed by atoms with Crippen molar-refractivity contribution >= 4 is 0 Å². The van der Waals surface area contributed by atoms with Gasteiger partial charge in [0.2, 0.25) is 0 Å². The monoisotopic (exact) mass is 154 g/mol. The van der Waals surface area contributed by atoms with Crippen molar-refractivity contribution in [2.24, 2.45) is 5.92 Å². The van der Waals surface area contributed by atoms with E-state index in [2.05, 4.69) is 20.4 Å². The molecular formula is C11H22. The van der Waals surface area contributed by atoms with Gasteiger partial charge in [-0.25, -0.2) is 0 Å². The standard InChI is InChI=1S/C11H22/c1-4-6-8-10-11(3)9-7-5-2/h4,11H,1,5-10H2,2-3H3/t11-/m1/s1. The van der Waals surface area contributed by atoms with Crippen LogP contribution in [0.25, 0.3) is 0 Å². The molecule has 0 N–H and O–H groups in total. The van der Waals surface area contributed by atoms with Gasteiger partial charge in [0.1, 0.15) is 0 Å². The van der Waals surface area contributed by atoms with Gasteiger partial charge in [0, 0.05) is 0 Å². The van der Waals surface area contributed by atoms with Crippen LogP contribution in [0.1, 0.15) is 52.4 Å². The summed E-state index contributed by atoms with van der Waals surface area (Å²) in [5, 5.41) is 0. The smallest absolute Gasteiger partial charge is 0.0353 e. The molecular weight excluding hydrogens is 132 g/mol. The average Bonchev–Trinajstić information content (AvgIpc) is 2.01. The minimum atomic E-state index is 0.926. The maximum Gasteiger partial charge on any atom is -0.0353 e. The van der Waals surface area contributed by atoms with Crippen LogP contribution in [0.15, 0.2) is 12.7 Å². The molecule has 0 unspecified atom stereocenters. The predicted molar refractivity (Wildman–Crippen MR) is 52.7 cm³/mol. The van der Waals surface area contributed by atoms with Crippen LogP contribution in [0.4, 0.5) is 0 Å². The van der Waals surface area contributed by atoms with Gasteiger partial charge >= 0.3 is 0 Å². The number of hydrogen-bond donors (Lipinski definition) is 0. The van der Waals surface area contributed by atoms with E-state index in [0.29, 0.717) is 0 Å². The molecule has 0 saturated carbocycles. The quantitative estimate of drug-likeness (QED) is 0.381. The number of hydrogen-bond acceptors (Lipinski definition) is 0. The minimum Gasteiger partial charge on any atom is -0.103 e. The summed E-state index contributed by atoms with van der Waals surface area (Å²) < 4.78 is 0. The zero-order valence-corrected chi connectivity index (χ0v) is 8.10. The van der Waals surface area contributed by atoms with Crippen LogP contribution in [0.2, 0.25) is 0 Å². The first kappa shape index (κ1) is 10.7. The Morgan fingerprint density at radius 3 is 2.45 bits per heavy atom. The van der Waals surface area contributed by atoms with E-state index >= 15 is 0 Å². The zero-order chi connectivity index (χ0) is 8.53. The van der Waals surface area contributed by atoms with Crippen molar-refractivity contribution in [3.63, 3.8) is 0 Å². The Bertz CT molecular complexity index is 84.0. The molecule has 0 aliphatic rings. The van der Waals surface area contributed by atoms with Crippen LogP contribution in [0, 0.1) is 5.92 Å². The highest BCUT2D eigenvalue weighted by atomic mass is 14.0. The molecule has 0 aliphatic heterocycles. The van der Waals surface area contributed by atoms with Crippen LogP contribution >= 0.6 is 0 Å². The fourth-order valence-electron chi connectivity index (χ4n) is 1.31. The van der Waals surface area contributed by atoms with Crippen LogP contribution in [0.5, 0.6) is 0 Å². The molecule has 0 bridgehead atoms. The van der Waals surface area contributed by atoms with E-state index < -0.39 is 0 Å². The van der Waals surface area contributed by atoms with Crippen LogP contribution in [-0.2, 0) is 0 Å². The van der Waals surface area contributed by atoms with E-state index in [0.717, 1.165) is 5.92 Å². The van der Waals surface area contributed by atoms with E-state index in [1.807, 2.05) is 6.08 Å². The third kappa shape index (κ3) is 7.64. The summed E-state index contributed by atoms with van der Waals surface area (Å²) in [6.07, 6.45) is 10.1. The topological polar surface area (TPSA) is 0 Å². The summed E-state index contributed by atoms with van der Waals surface area (Å²) in [7, 11) is 0. The average molecular weight is 154 g/mol. The molecule has 0 spiro atoms. The van der Waals surface area contributed by atoms with Crippen molar-refractivity contribution in [1.29, 1.82) is 0 Å². The van der Waals surface area contributed by atoms with E-state index in [4.69, 9.17) is 0 Å². The first-order valence-electron chi connectivity index (χ1n) is 4.92. The van der Waals surface area contributed by atoms with Crippen molar-refractivity contribution < 1.29 is 0 Å². The fraction of sp³-hybridized carbons (Fsp3) is 0.818. The molecule has 0 aromatic heterocycles. The second kappa shape index (κ2) is 7.84. The molecule has 0 saturated heterocycles. The van der Waals surface area contributed by atoms with E-state index in [-0.39, 0.29) is 0 Å². The van der Waals surface area contributed by atoms with Crippen molar-refractivity contribution in [2.45, 2.75) is 52.4 Å². The van der Waals surface area contributed by atoms with Gasteiger partial charge in [-0.05, 0) is 18.8 Å². The van der Waals surface area contributed by atoms with Crippen molar-refractivity contribution in [1.82, 2.24) is 0 Å². The zero-order valence-electron chi connectivity index (χ0n) is 8.10. The number of unbranched alkanes of at least 4 members (excludes halogenated alkanes) is 2. The Morgan fingerprint density at radius 1 is 1.27 bits per heavy atom. The summed E-state index contributed by atoms with van der Waals surface area (Å²) >= 11 is 0. The second-order valence-electron chi connectivity index (χ2n) is 3.47. The number of rotatable bonds is 7. The third-order valence-electron chi connectivity index (χ3n) is 2.16. The molecule has 0 nitrogen and oxygen atoms in total. The number of allylic oxidation sites excluding steroid dienone is 1. The Balaban J connectivity index is 3.08. The maximum atomic E-state index is 3.72.